The monoisotopic (exact) mass is 482 g/mol. The lowest BCUT2D eigenvalue weighted by molar-refractivity contribution is 0.0234. The topological polar surface area (TPSA) is 65.8 Å². The Hall–Kier alpha value is -2.18. The highest BCUT2D eigenvalue weighted by molar-refractivity contribution is 6.32. The number of rotatable bonds is 10. The molecule has 2 heterocycles. The van der Waals surface area contributed by atoms with Crippen LogP contribution in [0.3, 0.4) is 0 Å². The first kappa shape index (κ1) is 24.9. The molecule has 0 bridgehead atoms. The molecule has 0 saturated carbocycles. The number of fused-ring (bicyclic) bond motifs is 1. The summed E-state index contributed by atoms with van der Waals surface area (Å²) >= 11 is 6.48. The zero-order chi connectivity index (χ0) is 24.0. The second-order valence-corrected chi connectivity index (χ2v) is 9.95. The fraction of sp³-hybridized carbons (Fsp3) is 0.464. The Morgan fingerprint density at radius 1 is 1.15 bits per heavy atom. The van der Waals surface area contributed by atoms with E-state index in [2.05, 4.69) is 40.2 Å². The standard InChI is InChI=1S/C28H35ClN2O3/c1-34-22-9-10-25-23(18-22)27(24(29)19-30-25)26(33)11-12-28(20-32)13-16-31(17-14-28)15-5-8-21-6-3-2-4-7-21/h2-4,6-7,9-10,18-19,26,32-33H,5,8,11-17,20H2,1H3/t26-/m1/s1. The number of likely N-dealkylation sites (tertiary alicyclic amines) is 1. The number of piperidine rings is 1. The summed E-state index contributed by atoms with van der Waals surface area (Å²) in [6.07, 6.45) is 6.31. The van der Waals surface area contributed by atoms with Crippen LogP contribution in [-0.2, 0) is 6.42 Å². The third-order valence-corrected chi connectivity index (χ3v) is 7.69. The highest BCUT2D eigenvalue weighted by atomic mass is 35.5. The van der Waals surface area contributed by atoms with Gasteiger partial charge in [0.05, 0.1) is 23.8 Å². The summed E-state index contributed by atoms with van der Waals surface area (Å²) in [5.41, 5.74) is 2.71. The van der Waals surface area contributed by atoms with E-state index in [-0.39, 0.29) is 12.0 Å². The molecule has 0 amide bonds. The molecule has 1 aliphatic heterocycles. The van der Waals surface area contributed by atoms with Crippen LogP contribution in [0.4, 0.5) is 0 Å². The zero-order valence-corrected chi connectivity index (χ0v) is 20.7. The van der Waals surface area contributed by atoms with Crippen LogP contribution in [0, 0.1) is 5.41 Å². The van der Waals surface area contributed by atoms with Crippen LogP contribution in [0.15, 0.2) is 54.7 Å². The minimum absolute atomic E-state index is 0.149. The van der Waals surface area contributed by atoms with E-state index in [1.807, 2.05) is 18.2 Å². The zero-order valence-electron chi connectivity index (χ0n) is 19.9. The van der Waals surface area contributed by atoms with Gasteiger partial charge in [-0.25, -0.2) is 0 Å². The highest BCUT2D eigenvalue weighted by Gasteiger charge is 2.34. The van der Waals surface area contributed by atoms with Gasteiger partial charge in [0.25, 0.3) is 0 Å². The number of methoxy groups -OCH3 is 1. The van der Waals surface area contributed by atoms with Gasteiger partial charge >= 0.3 is 0 Å². The molecule has 1 aliphatic rings. The Balaban J connectivity index is 1.34. The third kappa shape index (κ3) is 5.89. The maximum absolute atomic E-state index is 11.1. The number of aromatic nitrogens is 1. The molecular formula is C28H35ClN2O3. The maximum Gasteiger partial charge on any atom is 0.119 e. The number of halogens is 1. The number of hydrogen-bond donors (Lipinski definition) is 2. The van der Waals surface area contributed by atoms with Gasteiger partial charge in [-0.2, -0.15) is 0 Å². The van der Waals surface area contributed by atoms with Gasteiger partial charge in [-0.1, -0.05) is 41.9 Å². The quantitative estimate of drug-likeness (QED) is 0.404. The summed E-state index contributed by atoms with van der Waals surface area (Å²) in [7, 11) is 1.62. The summed E-state index contributed by atoms with van der Waals surface area (Å²) in [5, 5.41) is 22.7. The van der Waals surface area contributed by atoms with Crippen LogP contribution in [0.5, 0.6) is 5.75 Å². The van der Waals surface area contributed by atoms with Crippen molar-refractivity contribution in [3.8, 4) is 5.75 Å². The fourth-order valence-corrected chi connectivity index (χ4v) is 5.39. The minimum Gasteiger partial charge on any atom is -0.497 e. The molecule has 0 aliphatic carbocycles. The summed E-state index contributed by atoms with van der Waals surface area (Å²) in [5.74, 6) is 0.705. The molecule has 2 N–H and O–H groups in total. The Bertz CT molecular complexity index is 1070. The molecule has 0 spiro atoms. The van der Waals surface area contributed by atoms with Crippen molar-refractivity contribution in [3.05, 3.63) is 70.9 Å². The minimum atomic E-state index is -0.725. The summed E-state index contributed by atoms with van der Waals surface area (Å²) < 4.78 is 5.36. The number of aliphatic hydroxyl groups is 2. The van der Waals surface area contributed by atoms with E-state index in [4.69, 9.17) is 16.3 Å². The third-order valence-electron chi connectivity index (χ3n) is 7.38. The lowest BCUT2D eigenvalue weighted by atomic mass is 9.74. The smallest absolute Gasteiger partial charge is 0.119 e. The van der Waals surface area contributed by atoms with Crippen molar-refractivity contribution in [1.82, 2.24) is 9.88 Å². The molecule has 182 valence electrons. The summed E-state index contributed by atoms with van der Waals surface area (Å²) in [6.45, 7) is 3.21. The molecule has 1 fully saturated rings. The lowest BCUT2D eigenvalue weighted by Crippen LogP contribution is -2.42. The molecule has 4 rings (SSSR count). The second-order valence-electron chi connectivity index (χ2n) is 9.55. The molecule has 34 heavy (non-hydrogen) atoms. The molecule has 1 aromatic heterocycles. The van der Waals surface area contributed by atoms with Gasteiger partial charge in [0.15, 0.2) is 0 Å². The van der Waals surface area contributed by atoms with E-state index < -0.39 is 6.10 Å². The van der Waals surface area contributed by atoms with Crippen molar-refractivity contribution < 1.29 is 14.9 Å². The van der Waals surface area contributed by atoms with Crippen LogP contribution in [0.1, 0.15) is 49.3 Å². The second kappa shape index (κ2) is 11.5. The van der Waals surface area contributed by atoms with E-state index in [9.17, 15) is 10.2 Å². The highest BCUT2D eigenvalue weighted by Crippen LogP contribution is 2.40. The normalized spacial score (nSPS) is 17.1. The van der Waals surface area contributed by atoms with E-state index in [0.717, 1.165) is 62.6 Å². The molecule has 2 aromatic carbocycles. The van der Waals surface area contributed by atoms with Crippen molar-refractivity contribution >= 4 is 22.5 Å². The number of nitrogens with zero attached hydrogens (tertiary/aromatic N) is 2. The lowest BCUT2D eigenvalue weighted by Gasteiger charge is -2.41. The fourth-order valence-electron chi connectivity index (χ4n) is 5.11. The van der Waals surface area contributed by atoms with Gasteiger partial charge in [0, 0.05) is 23.8 Å². The molecular weight excluding hydrogens is 448 g/mol. The van der Waals surface area contributed by atoms with Gasteiger partial charge < -0.3 is 19.8 Å². The van der Waals surface area contributed by atoms with Crippen LogP contribution in [-0.4, -0.2) is 53.4 Å². The molecule has 5 nitrogen and oxygen atoms in total. The van der Waals surface area contributed by atoms with Crippen LogP contribution in [0.2, 0.25) is 5.02 Å². The SMILES string of the molecule is COc1ccc2ncc(Cl)c([C@H](O)CCC3(CO)CCN(CCCc4ccccc4)CC3)c2c1. The van der Waals surface area contributed by atoms with Gasteiger partial charge in [-0.3, -0.25) is 4.98 Å². The van der Waals surface area contributed by atoms with Crippen molar-refractivity contribution in [1.29, 1.82) is 0 Å². The summed E-state index contributed by atoms with van der Waals surface area (Å²) in [6, 6.07) is 16.2. The Morgan fingerprint density at radius 3 is 2.62 bits per heavy atom. The average Bonchev–Trinajstić information content (AvgIpc) is 2.88. The molecule has 1 saturated heterocycles. The van der Waals surface area contributed by atoms with Gasteiger partial charge in [0.1, 0.15) is 5.75 Å². The molecule has 6 heteroatoms. The summed E-state index contributed by atoms with van der Waals surface area (Å²) in [4.78, 5) is 6.89. The first-order valence-electron chi connectivity index (χ1n) is 12.2. The number of hydrogen-bond acceptors (Lipinski definition) is 5. The Kier molecular flexibility index (Phi) is 8.43. The van der Waals surface area contributed by atoms with Crippen molar-refractivity contribution in [2.45, 2.75) is 44.6 Å². The maximum atomic E-state index is 11.1. The predicted octanol–water partition coefficient (Wildman–Crippen LogP) is 5.42. The van der Waals surface area contributed by atoms with E-state index in [0.29, 0.717) is 22.8 Å². The molecule has 1 atom stereocenters. The predicted molar refractivity (Wildman–Crippen MR) is 137 cm³/mol. The Morgan fingerprint density at radius 2 is 1.91 bits per heavy atom. The number of ether oxygens (including phenoxy) is 1. The van der Waals surface area contributed by atoms with Crippen LogP contribution >= 0.6 is 11.6 Å². The Labute approximate surface area is 207 Å². The van der Waals surface area contributed by atoms with E-state index in [1.165, 1.54) is 5.56 Å². The number of benzene rings is 2. The van der Waals surface area contributed by atoms with E-state index in [1.54, 1.807) is 13.3 Å². The van der Waals surface area contributed by atoms with Crippen molar-refractivity contribution in [3.63, 3.8) is 0 Å². The van der Waals surface area contributed by atoms with Crippen molar-refractivity contribution in [2.24, 2.45) is 5.41 Å². The van der Waals surface area contributed by atoms with Gasteiger partial charge in [-0.05, 0) is 87.3 Å². The van der Waals surface area contributed by atoms with E-state index >= 15 is 0 Å². The number of aryl methyl sites for hydroxylation is 1. The van der Waals surface area contributed by atoms with Gasteiger partial charge in [0.2, 0.25) is 0 Å². The molecule has 0 radical (unpaired) electrons. The first-order chi connectivity index (χ1) is 16.5. The van der Waals surface area contributed by atoms with Crippen molar-refractivity contribution in [2.75, 3.05) is 33.4 Å². The van der Waals surface area contributed by atoms with Crippen LogP contribution in [0.25, 0.3) is 10.9 Å². The van der Waals surface area contributed by atoms with Gasteiger partial charge in [-0.15, -0.1) is 0 Å². The first-order valence-corrected chi connectivity index (χ1v) is 12.6. The van der Waals surface area contributed by atoms with Crippen LogP contribution < -0.4 is 4.74 Å². The number of pyridine rings is 1. The average molecular weight is 483 g/mol. The number of aliphatic hydroxyl groups excluding tert-OH is 2. The largest absolute Gasteiger partial charge is 0.497 e. The molecule has 0 unspecified atom stereocenters. The molecule has 3 aromatic rings.